The largest absolute Gasteiger partial charge is 0.423 e. The molecular weight excluding hydrogens is 259 g/mol. The van der Waals surface area contributed by atoms with E-state index in [1.807, 2.05) is 0 Å². The van der Waals surface area contributed by atoms with Gasteiger partial charge in [-0.25, -0.2) is 0 Å². The number of nitrogen functional groups attached to an aromatic ring is 1. The van der Waals surface area contributed by atoms with Crippen LogP contribution in [-0.2, 0) is 0 Å². The molecule has 19 heavy (non-hydrogen) atoms. The van der Waals surface area contributed by atoms with Crippen molar-refractivity contribution >= 4 is 22.8 Å². The van der Waals surface area contributed by atoms with Crippen LogP contribution < -0.4 is 10.6 Å². The summed E-state index contributed by atoms with van der Waals surface area (Å²) < 4.78 is 42.9. The summed E-state index contributed by atoms with van der Waals surface area (Å²) in [6, 6.07) is 4.75. The molecule has 7 heteroatoms. The van der Waals surface area contributed by atoms with Crippen molar-refractivity contribution in [2.45, 2.75) is 19.5 Å². The van der Waals surface area contributed by atoms with Crippen LogP contribution in [0, 0.1) is 0 Å². The maximum absolute atomic E-state index is 12.5. The van der Waals surface area contributed by atoms with Gasteiger partial charge < -0.3 is 15.1 Å². The van der Waals surface area contributed by atoms with Gasteiger partial charge in [0.15, 0.2) is 5.58 Å². The molecule has 1 heterocycles. The summed E-state index contributed by atoms with van der Waals surface area (Å²) in [7, 11) is 0. The highest BCUT2D eigenvalue weighted by molar-refractivity contribution is 5.78. The first-order valence-corrected chi connectivity index (χ1v) is 5.87. The second-order valence-electron chi connectivity index (χ2n) is 4.26. The summed E-state index contributed by atoms with van der Waals surface area (Å²) in [6.45, 7) is 0.939. The average Bonchev–Trinajstić information content (AvgIpc) is 2.69. The van der Waals surface area contributed by atoms with Gasteiger partial charge in [-0.1, -0.05) is 6.92 Å². The number of alkyl halides is 3. The number of hydrogen-bond acceptors (Lipinski definition) is 4. The molecule has 0 amide bonds. The lowest BCUT2D eigenvalue weighted by Crippen LogP contribution is -2.35. The Morgan fingerprint density at radius 3 is 2.74 bits per heavy atom. The Morgan fingerprint density at radius 1 is 1.37 bits per heavy atom. The number of benzene rings is 1. The minimum atomic E-state index is -4.30. The Bertz CT molecular complexity index is 565. The summed E-state index contributed by atoms with van der Waals surface area (Å²) in [4.78, 5) is 5.14. The normalized spacial score (nSPS) is 12.0. The Balaban J connectivity index is 2.33. The van der Waals surface area contributed by atoms with Crippen LogP contribution >= 0.6 is 0 Å². The number of hydrogen-bond donors (Lipinski definition) is 1. The molecule has 0 aliphatic heterocycles. The van der Waals surface area contributed by atoms with E-state index in [4.69, 9.17) is 10.2 Å². The molecule has 0 radical (unpaired) electrons. The zero-order valence-corrected chi connectivity index (χ0v) is 10.4. The van der Waals surface area contributed by atoms with Crippen LogP contribution in [0.25, 0.3) is 11.1 Å². The quantitative estimate of drug-likeness (QED) is 0.869. The van der Waals surface area contributed by atoms with Gasteiger partial charge in [0.05, 0.1) is 0 Å². The molecule has 0 spiro atoms. The van der Waals surface area contributed by atoms with Crippen LogP contribution in [0.5, 0.6) is 0 Å². The molecule has 4 nitrogen and oxygen atoms in total. The summed E-state index contributed by atoms with van der Waals surface area (Å²) in [5.74, 6) is 0. The molecule has 0 saturated heterocycles. The number of halogens is 3. The fraction of sp³-hybridized carbons (Fsp3) is 0.417. The van der Waals surface area contributed by atoms with Crippen molar-refractivity contribution in [3.05, 3.63) is 18.2 Å². The van der Waals surface area contributed by atoms with E-state index in [2.05, 4.69) is 4.98 Å². The molecule has 0 saturated carbocycles. The fourth-order valence-electron chi connectivity index (χ4n) is 1.80. The van der Waals surface area contributed by atoms with E-state index in [0.717, 1.165) is 4.90 Å². The highest BCUT2D eigenvalue weighted by Crippen LogP contribution is 2.26. The van der Waals surface area contributed by atoms with Crippen LogP contribution in [0.3, 0.4) is 0 Å². The van der Waals surface area contributed by atoms with Crippen molar-refractivity contribution in [3.63, 3.8) is 0 Å². The lowest BCUT2D eigenvalue weighted by atomic mass is 10.3. The molecule has 2 aromatic rings. The van der Waals surface area contributed by atoms with E-state index < -0.39 is 12.7 Å². The standard InChI is InChI=1S/C12H14F3N3O/c1-2-5-18(7-12(13,14)15)11-17-9-6-8(16)3-4-10(9)19-11/h3-4,6H,2,5,7,16H2,1H3. The number of fused-ring (bicyclic) bond motifs is 1. The predicted molar refractivity (Wildman–Crippen MR) is 67.0 cm³/mol. The van der Waals surface area contributed by atoms with Crippen LogP contribution in [0.15, 0.2) is 22.6 Å². The molecule has 2 N–H and O–H groups in total. The predicted octanol–water partition coefficient (Wildman–Crippen LogP) is 3.19. The molecule has 0 aliphatic rings. The summed E-state index contributed by atoms with van der Waals surface area (Å²) in [5, 5.41) is 0. The van der Waals surface area contributed by atoms with Crippen molar-refractivity contribution in [2.24, 2.45) is 0 Å². The molecule has 1 aromatic heterocycles. The Labute approximate surface area is 108 Å². The zero-order chi connectivity index (χ0) is 14.0. The number of aromatic nitrogens is 1. The molecule has 0 fully saturated rings. The molecule has 0 aliphatic carbocycles. The van der Waals surface area contributed by atoms with Crippen molar-refractivity contribution in [1.29, 1.82) is 0 Å². The molecule has 2 rings (SSSR count). The first kappa shape index (κ1) is 13.5. The van der Waals surface area contributed by atoms with Crippen LogP contribution in [0.4, 0.5) is 24.9 Å². The van der Waals surface area contributed by atoms with Crippen molar-refractivity contribution in [1.82, 2.24) is 4.98 Å². The Morgan fingerprint density at radius 2 is 2.11 bits per heavy atom. The molecular formula is C12H14F3N3O. The van der Waals surface area contributed by atoms with Gasteiger partial charge in [0.25, 0.3) is 6.01 Å². The zero-order valence-electron chi connectivity index (χ0n) is 10.4. The highest BCUT2D eigenvalue weighted by Gasteiger charge is 2.32. The Kier molecular flexibility index (Phi) is 3.55. The third-order valence-corrected chi connectivity index (χ3v) is 2.53. The minimum absolute atomic E-state index is 0.0280. The van der Waals surface area contributed by atoms with E-state index in [-0.39, 0.29) is 12.6 Å². The van der Waals surface area contributed by atoms with Gasteiger partial charge in [0.1, 0.15) is 12.1 Å². The number of oxazole rings is 1. The van der Waals surface area contributed by atoms with Gasteiger partial charge in [0.2, 0.25) is 0 Å². The Hall–Kier alpha value is -1.92. The summed E-state index contributed by atoms with van der Waals surface area (Å²) >= 11 is 0. The summed E-state index contributed by atoms with van der Waals surface area (Å²) in [5.41, 5.74) is 6.97. The maximum atomic E-state index is 12.5. The third kappa shape index (κ3) is 3.30. The van der Waals surface area contributed by atoms with Gasteiger partial charge in [-0.15, -0.1) is 0 Å². The van der Waals surface area contributed by atoms with E-state index in [1.165, 1.54) is 0 Å². The third-order valence-electron chi connectivity index (χ3n) is 2.53. The van der Waals surface area contributed by atoms with Gasteiger partial charge in [-0.3, -0.25) is 0 Å². The van der Waals surface area contributed by atoms with Gasteiger partial charge in [-0.05, 0) is 24.6 Å². The second kappa shape index (κ2) is 4.99. The van der Waals surface area contributed by atoms with E-state index in [1.54, 1.807) is 25.1 Å². The first-order chi connectivity index (χ1) is 8.89. The SMILES string of the molecule is CCCN(CC(F)(F)F)c1nc2cc(N)ccc2o1. The smallest absolute Gasteiger partial charge is 0.406 e. The molecule has 104 valence electrons. The number of anilines is 2. The molecule has 0 atom stereocenters. The van der Waals surface area contributed by atoms with Gasteiger partial charge >= 0.3 is 6.18 Å². The summed E-state index contributed by atoms with van der Waals surface area (Å²) in [6.07, 6.45) is -3.73. The highest BCUT2D eigenvalue weighted by atomic mass is 19.4. The van der Waals surface area contributed by atoms with E-state index in [9.17, 15) is 13.2 Å². The van der Waals surface area contributed by atoms with Crippen LogP contribution in [-0.4, -0.2) is 24.2 Å². The average molecular weight is 273 g/mol. The number of nitrogens with two attached hydrogens (primary N) is 1. The molecule has 0 unspecified atom stereocenters. The fourth-order valence-corrected chi connectivity index (χ4v) is 1.80. The lowest BCUT2D eigenvalue weighted by molar-refractivity contribution is -0.120. The second-order valence-corrected chi connectivity index (χ2v) is 4.26. The maximum Gasteiger partial charge on any atom is 0.406 e. The van der Waals surface area contributed by atoms with Crippen LogP contribution in [0.1, 0.15) is 13.3 Å². The van der Waals surface area contributed by atoms with E-state index >= 15 is 0 Å². The first-order valence-electron chi connectivity index (χ1n) is 5.87. The van der Waals surface area contributed by atoms with Crippen molar-refractivity contribution < 1.29 is 17.6 Å². The van der Waals surface area contributed by atoms with Crippen LogP contribution in [0.2, 0.25) is 0 Å². The van der Waals surface area contributed by atoms with Crippen molar-refractivity contribution in [3.8, 4) is 0 Å². The topological polar surface area (TPSA) is 55.3 Å². The monoisotopic (exact) mass is 273 g/mol. The van der Waals surface area contributed by atoms with Gasteiger partial charge in [0, 0.05) is 12.2 Å². The molecule has 0 bridgehead atoms. The van der Waals surface area contributed by atoms with E-state index in [0.29, 0.717) is 23.2 Å². The van der Waals surface area contributed by atoms with Crippen molar-refractivity contribution in [2.75, 3.05) is 23.7 Å². The lowest BCUT2D eigenvalue weighted by Gasteiger charge is -2.21. The number of nitrogens with zero attached hydrogens (tertiary/aromatic N) is 2. The van der Waals surface area contributed by atoms with Gasteiger partial charge in [-0.2, -0.15) is 18.2 Å². The number of rotatable bonds is 4. The molecule has 1 aromatic carbocycles. The minimum Gasteiger partial charge on any atom is -0.423 e.